The standard InChI is InChI=1S/C18H22N2O5S/c1-4-16-20-13(10-26-16)11(3)19-18(23)12-6-7-14(25-9-17(21)22)15(8-12)24-5-2/h6-8,10-11H,4-5,9H2,1-3H3,(H,19,23)(H,21,22). The lowest BCUT2D eigenvalue weighted by atomic mass is 10.1. The van der Waals surface area contributed by atoms with Crippen molar-refractivity contribution in [1.82, 2.24) is 10.3 Å². The zero-order valence-corrected chi connectivity index (χ0v) is 15.8. The Morgan fingerprint density at radius 1 is 1.27 bits per heavy atom. The summed E-state index contributed by atoms with van der Waals surface area (Å²) >= 11 is 1.57. The Bertz CT molecular complexity index is 775. The highest BCUT2D eigenvalue weighted by Gasteiger charge is 2.16. The number of hydrogen-bond acceptors (Lipinski definition) is 6. The van der Waals surface area contributed by atoms with Crippen LogP contribution >= 0.6 is 11.3 Å². The van der Waals surface area contributed by atoms with Gasteiger partial charge in [-0.2, -0.15) is 0 Å². The second-order valence-electron chi connectivity index (χ2n) is 5.49. The molecule has 0 saturated carbocycles. The number of benzene rings is 1. The summed E-state index contributed by atoms with van der Waals surface area (Å²) in [6.07, 6.45) is 0.862. The van der Waals surface area contributed by atoms with Crippen molar-refractivity contribution >= 4 is 23.2 Å². The Kier molecular flexibility index (Phi) is 6.97. The lowest BCUT2D eigenvalue weighted by molar-refractivity contribution is -0.139. The van der Waals surface area contributed by atoms with Crippen molar-refractivity contribution in [3.05, 3.63) is 39.8 Å². The topological polar surface area (TPSA) is 97.8 Å². The lowest BCUT2D eigenvalue weighted by Gasteiger charge is -2.14. The normalized spacial score (nSPS) is 11.7. The number of amides is 1. The van der Waals surface area contributed by atoms with Gasteiger partial charge in [0.05, 0.1) is 23.4 Å². The Labute approximate surface area is 156 Å². The van der Waals surface area contributed by atoms with Crippen LogP contribution < -0.4 is 14.8 Å². The number of ether oxygens (including phenoxy) is 2. The number of carboxylic acid groups (broad SMARTS) is 1. The molecule has 1 unspecified atom stereocenters. The van der Waals surface area contributed by atoms with Crippen molar-refractivity contribution in [3.8, 4) is 11.5 Å². The van der Waals surface area contributed by atoms with Gasteiger partial charge in [-0.1, -0.05) is 6.92 Å². The minimum atomic E-state index is -1.09. The van der Waals surface area contributed by atoms with E-state index in [1.807, 2.05) is 19.2 Å². The third kappa shape index (κ3) is 5.19. The molecule has 140 valence electrons. The number of nitrogens with one attached hydrogen (secondary N) is 1. The molecule has 1 amide bonds. The summed E-state index contributed by atoms with van der Waals surface area (Å²) in [6, 6.07) is 4.42. The Hall–Kier alpha value is -2.61. The largest absolute Gasteiger partial charge is 0.490 e. The monoisotopic (exact) mass is 378 g/mol. The van der Waals surface area contributed by atoms with E-state index in [0.717, 1.165) is 17.1 Å². The van der Waals surface area contributed by atoms with Gasteiger partial charge in [0.1, 0.15) is 0 Å². The van der Waals surface area contributed by atoms with Crippen LogP contribution in [0.3, 0.4) is 0 Å². The van der Waals surface area contributed by atoms with Crippen molar-refractivity contribution in [2.75, 3.05) is 13.2 Å². The minimum Gasteiger partial charge on any atom is -0.490 e. The Balaban J connectivity index is 2.11. The molecule has 2 rings (SSSR count). The summed E-state index contributed by atoms with van der Waals surface area (Å²) in [5.41, 5.74) is 1.22. The molecule has 1 aromatic heterocycles. The number of carbonyl (C=O) groups is 2. The molecule has 0 aliphatic carbocycles. The van der Waals surface area contributed by atoms with E-state index < -0.39 is 12.6 Å². The van der Waals surface area contributed by atoms with Crippen molar-refractivity contribution in [2.45, 2.75) is 33.2 Å². The molecule has 0 bridgehead atoms. The highest BCUT2D eigenvalue weighted by molar-refractivity contribution is 7.09. The third-order valence-electron chi connectivity index (χ3n) is 3.52. The first-order chi connectivity index (χ1) is 12.4. The summed E-state index contributed by atoms with van der Waals surface area (Å²) < 4.78 is 10.6. The Morgan fingerprint density at radius 3 is 2.65 bits per heavy atom. The fourth-order valence-electron chi connectivity index (χ4n) is 2.22. The van der Waals surface area contributed by atoms with Gasteiger partial charge >= 0.3 is 5.97 Å². The van der Waals surface area contributed by atoms with Crippen LogP contribution in [0.25, 0.3) is 0 Å². The first kappa shape index (κ1) is 19.7. The second-order valence-corrected chi connectivity index (χ2v) is 6.43. The number of aromatic nitrogens is 1. The molecule has 0 spiro atoms. The predicted octanol–water partition coefficient (Wildman–Crippen LogP) is 3.06. The van der Waals surface area contributed by atoms with E-state index in [1.54, 1.807) is 30.4 Å². The minimum absolute atomic E-state index is 0.225. The van der Waals surface area contributed by atoms with E-state index in [9.17, 15) is 9.59 Å². The summed E-state index contributed by atoms with van der Waals surface area (Å²) in [7, 11) is 0. The molecule has 0 aliphatic heterocycles. The number of aryl methyl sites for hydroxylation is 1. The molecular weight excluding hydrogens is 356 g/mol. The maximum atomic E-state index is 12.5. The zero-order valence-electron chi connectivity index (χ0n) is 14.9. The van der Waals surface area contributed by atoms with Gasteiger partial charge in [-0.3, -0.25) is 4.79 Å². The number of aliphatic carboxylic acids is 1. The quantitative estimate of drug-likeness (QED) is 0.696. The van der Waals surface area contributed by atoms with E-state index >= 15 is 0 Å². The first-order valence-corrected chi connectivity index (χ1v) is 9.19. The van der Waals surface area contributed by atoms with Gasteiger partial charge in [0.25, 0.3) is 5.91 Å². The smallest absolute Gasteiger partial charge is 0.341 e. The molecule has 0 saturated heterocycles. The van der Waals surface area contributed by atoms with E-state index in [4.69, 9.17) is 14.6 Å². The van der Waals surface area contributed by atoms with Gasteiger partial charge in [0.15, 0.2) is 18.1 Å². The molecule has 0 fully saturated rings. The molecule has 7 nitrogen and oxygen atoms in total. The van der Waals surface area contributed by atoms with Crippen molar-refractivity contribution in [2.24, 2.45) is 0 Å². The molecule has 1 heterocycles. The number of rotatable bonds is 9. The van der Waals surface area contributed by atoms with Crippen LogP contribution in [0.5, 0.6) is 11.5 Å². The fraction of sp³-hybridized carbons (Fsp3) is 0.389. The van der Waals surface area contributed by atoms with Crippen LogP contribution in [-0.4, -0.2) is 35.2 Å². The summed E-state index contributed by atoms with van der Waals surface area (Å²) in [4.78, 5) is 27.7. The fourth-order valence-corrected chi connectivity index (χ4v) is 3.06. The Morgan fingerprint density at radius 2 is 2.04 bits per heavy atom. The van der Waals surface area contributed by atoms with Crippen molar-refractivity contribution in [1.29, 1.82) is 0 Å². The lowest BCUT2D eigenvalue weighted by Crippen LogP contribution is -2.27. The maximum absolute atomic E-state index is 12.5. The molecule has 8 heteroatoms. The second kappa shape index (κ2) is 9.19. The highest BCUT2D eigenvalue weighted by atomic mass is 32.1. The van der Waals surface area contributed by atoms with Crippen LogP contribution in [0, 0.1) is 0 Å². The van der Waals surface area contributed by atoms with Gasteiger partial charge in [-0.05, 0) is 38.5 Å². The molecule has 0 aliphatic rings. The third-order valence-corrected chi connectivity index (χ3v) is 4.53. The average Bonchev–Trinajstić information content (AvgIpc) is 3.10. The van der Waals surface area contributed by atoms with Crippen LogP contribution in [0.4, 0.5) is 0 Å². The molecule has 26 heavy (non-hydrogen) atoms. The van der Waals surface area contributed by atoms with E-state index in [0.29, 0.717) is 17.9 Å². The number of nitrogens with zero attached hydrogens (tertiary/aromatic N) is 1. The average molecular weight is 378 g/mol. The van der Waals surface area contributed by atoms with Gasteiger partial charge in [-0.15, -0.1) is 11.3 Å². The molecule has 2 N–H and O–H groups in total. The van der Waals surface area contributed by atoms with Crippen LogP contribution in [0.2, 0.25) is 0 Å². The van der Waals surface area contributed by atoms with Gasteiger partial charge in [-0.25, -0.2) is 9.78 Å². The zero-order chi connectivity index (χ0) is 19.1. The SMILES string of the molecule is CCOc1cc(C(=O)NC(C)c2csc(CC)n2)ccc1OCC(=O)O. The van der Waals surface area contributed by atoms with E-state index in [1.165, 1.54) is 6.07 Å². The van der Waals surface area contributed by atoms with E-state index in [-0.39, 0.29) is 17.7 Å². The number of hydrogen-bond donors (Lipinski definition) is 2. The molecule has 0 radical (unpaired) electrons. The number of carbonyl (C=O) groups excluding carboxylic acids is 1. The summed E-state index contributed by atoms with van der Waals surface area (Å²) in [5.74, 6) is -0.742. The number of thiazole rings is 1. The summed E-state index contributed by atoms with van der Waals surface area (Å²) in [6.45, 7) is 5.59. The van der Waals surface area contributed by atoms with Crippen molar-refractivity contribution < 1.29 is 24.2 Å². The predicted molar refractivity (Wildman–Crippen MR) is 98.1 cm³/mol. The van der Waals surface area contributed by atoms with Crippen molar-refractivity contribution in [3.63, 3.8) is 0 Å². The van der Waals surface area contributed by atoms with Crippen LogP contribution in [0.15, 0.2) is 23.6 Å². The molecule has 1 atom stereocenters. The van der Waals surface area contributed by atoms with E-state index in [2.05, 4.69) is 10.3 Å². The molecule has 1 aromatic carbocycles. The maximum Gasteiger partial charge on any atom is 0.341 e. The van der Waals surface area contributed by atoms with Crippen LogP contribution in [-0.2, 0) is 11.2 Å². The molecule has 2 aromatic rings. The highest BCUT2D eigenvalue weighted by Crippen LogP contribution is 2.29. The van der Waals surface area contributed by atoms with Gasteiger partial charge in [0.2, 0.25) is 0 Å². The first-order valence-electron chi connectivity index (χ1n) is 8.31. The number of carboxylic acids is 1. The van der Waals surface area contributed by atoms with Gasteiger partial charge in [0, 0.05) is 10.9 Å². The summed E-state index contributed by atoms with van der Waals surface area (Å²) in [5, 5.41) is 14.6. The van der Waals surface area contributed by atoms with Gasteiger partial charge < -0.3 is 19.9 Å². The van der Waals surface area contributed by atoms with Crippen LogP contribution in [0.1, 0.15) is 47.9 Å². The molecular formula is C18H22N2O5S.